The van der Waals surface area contributed by atoms with Crippen molar-refractivity contribution >= 4 is 35.4 Å². The van der Waals surface area contributed by atoms with E-state index < -0.39 is 23.2 Å². The zero-order valence-corrected chi connectivity index (χ0v) is 18.3. The molecule has 0 unspecified atom stereocenters. The lowest BCUT2D eigenvalue weighted by Crippen LogP contribution is -2.29. The highest BCUT2D eigenvalue weighted by atomic mass is 32.2. The summed E-state index contributed by atoms with van der Waals surface area (Å²) >= 11 is 1.40. The van der Waals surface area contributed by atoms with Crippen molar-refractivity contribution in [1.82, 2.24) is 0 Å². The molecule has 0 atom stereocenters. The third kappa shape index (κ3) is 7.30. The van der Waals surface area contributed by atoms with E-state index in [-0.39, 0.29) is 22.9 Å². The van der Waals surface area contributed by atoms with Gasteiger partial charge < -0.3 is 9.64 Å². The van der Waals surface area contributed by atoms with E-state index >= 15 is 0 Å². The Labute approximate surface area is 179 Å². The number of ether oxygens (including phenoxy) is 1. The van der Waals surface area contributed by atoms with Crippen molar-refractivity contribution in [3.8, 4) is 0 Å². The molecule has 0 radical (unpaired) electrons. The molecular formula is C23H25F2NO3S. The summed E-state index contributed by atoms with van der Waals surface area (Å²) in [6, 6.07) is 11.4. The maximum absolute atomic E-state index is 14.5. The predicted molar refractivity (Wildman–Crippen MR) is 117 cm³/mol. The summed E-state index contributed by atoms with van der Waals surface area (Å²) in [5.41, 5.74) is 0.357. The molecule has 0 aliphatic heterocycles. The number of carbonyl (C=O) groups excluding carboxylic acids is 2. The van der Waals surface area contributed by atoms with Crippen molar-refractivity contribution in [3.05, 3.63) is 71.3 Å². The van der Waals surface area contributed by atoms with E-state index in [4.69, 9.17) is 4.74 Å². The minimum absolute atomic E-state index is 0.0715. The number of nitrogens with zero attached hydrogens (tertiary/aromatic N) is 1. The van der Waals surface area contributed by atoms with Gasteiger partial charge in [0.25, 0.3) is 0 Å². The summed E-state index contributed by atoms with van der Waals surface area (Å²) in [5, 5.41) is 0. The Hall–Kier alpha value is -2.67. The molecule has 0 aliphatic rings. The number of halogens is 2. The smallest absolute Gasteiger partial charge is 0.331 e. The molecule has 0 saturated carbocycles. The van der Waals surface area contributed by atoms with Crippen LogP contribution < -0.4 is 4.90 Å². The van der Waals surface area contributed by atoms with Crippen LogP contribution in [0.25, 0.3) is 6.08 Å². The SMILES string of the molecule is CN(C(=O)CSCc1ccccc1)c1c(F)cc(F)cc1/C=C/C(=O)OC(C)(C)C. The van der Waals surface area contributed by atoms with Crippen molar-refractivity contribution < 1.29 is 23.1 Å². The van der Waals surface area contributed by atoms with E-state index in [1.54, 1.807) is 20.8 Å². The van der Waals surface area contributed by atoms with Crippen LogP contribution in [0, 0.1) is 11.6 Å². The van der Waals surface area contributed by atoms with Crippen LogP contribution in [0.1, 0.15) is 31.9 Å². The summed E-state index contributed by atoms with van der Waals surface area (Å²) in [6.07, 6.45) is 2.34. The van der Waals surface area contributed by atoms with Crippen molar-refractivity contribution in [2.45, 2.75) is 32.1 Å². The van der Waals surface area contributed by atoms with Crippen molar-refractivity contribution in [2.24, 2.45) is 0 Å². The second kappa shape index (κ2) is 10.4. The molecule has 0 aliphatic carbocycles. The van der Waals surface area contributed by atoms with Crippen LogP contribution in [-0.2, 0) is 20.1 Å². The molecule has 4 nitrogen and oxygen atoms in total. The van der Waals surface area contributed by atoms with Crippen LogP contribution in [0.3, 0.4) is 0 Å². The van der Waals surface area contributed by atoms with E-state index in [0.29, 0.717) is 11.8 Å². The summed E-state index contributed by atoms with van der Waals surface area (Å²) in [4.78, 5) is 25.6. The number of carbonyl (C=O) groups is 2. The van der Waals surface area contributed by atoms with E-state index in [1.165, 1.54) is 24.9 Å². The predicted octanol–water partition coefficient (Wildman–Crippen LogP) is 5.22. The van der Waals surface area contributed by atoms with Gasteiger partial charge in [-0.3, -0.25) is 4.79 Å². The second-order valence-electron chi connectivity index (χ2n) is 7.62. The zero-order valence-electron chi connectivity index (χ0n) is 17.4. The van der Waals surface area contributed by atoms with Gasteiger partial charge in [0.2, 0.25) is 5.91 Å². The van der Waals surface area contributed by atoms with E-state index in [0.717, 1.165) is 22.6 Å². The summed E-state index contributed by atoms with van der Waals surface area (Å²) in [7, 11) is 1.42. The minimum Gasteiger partial charge on any atom is -0.457 e. The number of hydrogen-bond acceptors (Lipinski definition) is 4. The van der Waals surface area contributed by atoms with Gasteiger partial charge in [0, 0.05) is 30.5 Å². The number of anilines is 1. The van der Waals surface area contributed by atoms with Crippen LogP contribution in [0.4, 0.5) is 14.5 Å². The van der Waals surface area contributed by atoms with Gasteiger partial charge in [0.1, 0.15) is 17.2 Å². The Morgan fingerprint density at radius 1 is 1.13 bits per heavy atom. The fourth-order valence-electron chi connectivity index (χ4n) is 2.61. The molecule has 0 N–H and O–H groups in total. The molecule has 0 heterocycles. The number of esters is 1. The van der Waals surface area contributed by atoms with Crippen LogP contribution in [0.2, 0.25) is 0 Å². The molecule has 0 bridgehead atoms. The Morgan fingerprint density at radius 3 is 2.43 bits per heavy atom. The number of rotatable bonds is 7. The number of amides is 1. The van der Waals surface area contributed by atoms with Gasteiger partial charge in [-0.1, -0.05) is 30.3 Å². The number of benzene rings is 2. The zero-order chi connectivity index (χ0) is 22.3. The Kier molecular flexibility index (Phi) is 8.17. The third-order valence-corrected chi connectivity index (χ3v) is 4.90. The number of thioether (sulfide) groups is 1. The molecule has 0 aromatic heterocycles. The highest BCUT2D eigenvalue weighted by molar-refractivity contribution is 7.99. The Bertz CT molecular complexity index is 924. The second-order valence-corrected chi connectivity index (χ2v) is 8.61. The summed E-state index contributed by atoms with van der Waals surface area (Å²) < 4.78 is 33.4. The van der Waals surface area contributed by atoms with Gasteiger partial charge in [0.05, 0.1) is 11.4 Å². The molecule has 0 spiro atoms. The molecular weight excluding hydrogens is 408 g/mol. The number of hydrogen-bond donors (Lipinski definition) is 0. The third-order valence-electron chi connectivity index (χ3n) is 3.91. The van der Waals surface area contributed by atoms with Crippen LogP contribution in [-0.4, -0.2) is 30.3 Å². The fourth-order valence-corrected chi connectivity index (χ4v) is 3.51. The largest absolute Gasteiger partial charge is 0.457 e. The van der Waals surface area contributed by atoms with Crippen LogP contribution in [0.15, 0.2) is 48.5 Å². The molecule has 30 heavy (non-hydrogen) atoms. The van der Waals surface area contributed by atoms with Crippen molar-refractivity contribution in [3.63, 3.8) is 0 Å². The molecule has 7 heteroatoms. The van der Waals surface area contributed by atoms with Gasteiger partial charge in [-0.05, 0) is 38.5 Å². The summed E-state index contributed by atoms with van der Waals surface area (Å²) in [6.45, 7) is 5.14. The molecule has 2 aromatic rings. The molecule has 2 aromatic carbocycles. The van der Waals surface area contributed by atoms with Gasteiger partial charge in [-0.25, -0.2) is 13.6 Å². The standard InChI is InChI=1S/C23H25F2NO3S/c1-23(2,3)29-21(28)11-10-17-12-18(24)13-19(25)22(17)26(4)20(27)15-30-14-16-8-6-5-7-9-16/h5-13H,14-15H2,1-4H3/b11-10+. The van der Waals surface area contributed by atoms with Gasteiger partial charge >= 0.3 is 5.97 Å². The van der Waals surface area contributed by atoms with Crippen molar-refractivity contribution in [2.75, 3.05) is 17.7 Å². The first-order valence-electron chi connectivity index (χ1n) is 9.35. The highest BCUT2D eigenvalue weighted by Crippen LogP contribution is 2.27. The monoisotopic (exact) mass is 433 g/mol. The first-order valence-corrected chi connectivity index (χ1v) is 10.5. The quantitative estimate of drug-likeness (QED) is 0.444. The molecule has 2 rings (SSSR count). The average Bonchev–Trinajstić information content (AvgIpc) is 2.65. The fraction of sp³-hybridized carbons (Fsp3) is 0.304. The maximum Gasteiger partial charge on any atom is 0.331 e. The van der Waals surface area contributed by atoms with Gasteiger partial charge in [-0.2, -0.15) is 0 Å². The first-order chi connectivity index (χ1) is 14.1. The minimum atomic E-state index is -0.886. The molecule has 1 amide bonds. The normalized spacial score (nSPS) is 11.5. The van der Waals surface area contributed by atoms with Gasteiger partial charge in [-0.15, -0.1) is 11.8 Å². The highest BCUT2D eigenvalue weighted by Gasteiger charge is 2.20. The molecule has 0 saturated heterocycles. The lowest BCUT2D eigenvalue weighted by Gasteiger charge is -2.21. The van der Waals surface area contributed by atoms with Crippen LogP contribution >= 0.6 is 11.8 Å². The van der Waals surface area contributed by atoms with Crippen LogP contribution in [0.5, 0.6) is 0 Å². The lowest BCUT2D eigenvalue weighted by molar-refractivity contribution is -0.148. The summed E-state index contributed by atoms with van der Waals surface area (Å²) in [5.74, 6) is -1.92. The Balaban J connectivity index is 2.14. The Morgan fingerprint density at radius 2 is 1.80 bits per heavy atom. The molecule has 160 valence electrons. The van der Waals surface area contributed by atoms with E-state index in [2.05, 4.69) is 0 Å². The lowest BCUT2D eigenvalue weighted by atomic mass is 10.1. The van der Waals surface area contributed by atoms with Crippen molar-refractivity contribution in [1.29, 1.82) is 0 Å². The maximum atomic E-state index is 14.5. The topological polar surface area (TPSA) is 46.6 Å². The van der Waals surface area contributed by atoms with Gasteiger partial charge in [0.15, 0.2) is 0 Å². The van der Waals surface area contributed by atoms with E-state index in [1.807, 2.05) is 30.3 Å². The average molecular weight is 434 g/mol. The van der Waals surface area contributed by atoms with E-state index in [9.17, 15) is 18.4 Å². The molecule has 0 fully saturated rings. The first kappa shape index (κ1) is 23.6.